The number of benzene rings is 1. The Balaban J connectivity index is 2.08. The Morgan fingerprint density at radius 1 is 1.47 bits per heavy atom. The van der Waals surface area contributed by atoms with Crippen LogP contribution < -0.4 is 10.6 Å². The highest BCUT2D eigenvalue weighted by Gasteiger charge is 2.08. The molecular formula is C12H14ClN3O. The Kier molecular flexibility index (Phi) is 3.66. The van der Waals surface area contributed by atoms with E-state index in [9.17, 15) is 0 Å². The summed E-state index contributed by atoms with van der Waals surface area (Å²) in [6.45, 7) is 1.07. The van der Waals surface area contributed by atoms with E-state index in [1.54, 1.807) is 6.26 Å². The monoisotopic (exact) mass is 251 g/mol. The molecule has 5 heteroatoms. The lowest BCUT2D eigenvalue weighted by Crippen LogP contribution is -2.16. The fourth-order valence-corrected chi connectivity index (χ4v) is 1.76. The van der Waals surface area contributed by atoms with Crippen molar-refractivity contribution in [3.8, 4) is 0 Å². The molecule has 0 aliphatic heterocycles. The van der Waals surface area contributed by atoms with Crippen LogP contribution in [-0.2, 0) is 13.1 Å². The number of nitrogens with zero attached hydrogens (tertiary/aromatic N) is 2. The number of hydrogen-bond donors (Lipinski definition) is 1. The second kappa shape index (κ2) is 5.21. The third kappa shape index (κ3) is 2.99. The van der Waals surface area contributed by atoms with E-state index in [1.165, 1.54) is 0 Å². The second-order valence-corrected chi connectivity index (χ2v) is 4.25. The van der Waals surface area contributed by atoms with Crippen molar-refractivity contribution in [1.82, 2.24) is 4.98 Å². The van der Waals surface area contributed by atoms with Crippen LogP contribution in [0.15, 0.2) is 34.9 Å². The van der Waals surface area contributed by atoms with Crippen LogP contribution in [-0.4, -0.2) is 12.0 Å². The van der Waals surface area contributed by atoms with E-state index in [-0.39, 0.29) is 0 Å². The molecule has 0 spiro atoms. The molecule has 0 aliphatic rings. The van der Waals surface area contributed by atoms with Gasteiger partial charge in [0.05, 0.1) is 5.69 Å². The fraction of sp³-hybridized carbons (Fsp3) is 0.250. The van der Waals surface area contributed by atoms with Crippen LogP contribution in [0.4, 0.5) is 6.01 Å². The molecule has 2 rings (SSSR count). The lowest BCUT2D eigenvalue weighted by Gasteiger charge is -2.14. The first-order valence-corrected chi connectivity index (χ1v) is 5.67. The van der Waals surface area contributed by atoms with Gasteiger partial charge in [-0.2, -0.15) is 4.98 Å². The van der Waals surface area contributed by atoms with E-state index >= 15 is 0 Å². The van der Waals surface area contributed by atoms with Gasteiger partial charge in [-0.1, -0.05) is 23.7 Å². The molecule has 0 saturated heterocycles. The molecule has 90 valence electrons. The number of halogens is 1. The van der Waals surface area contributed by atoms with Gasteiger partial charge < -0.3 is 15.1 Å². The molecule has 1 aromatic heterocycles. The lowest BCUT2D eigenvalue weighted by molar-refractivity contribution is 0.544. The zero-order valence-electron chi connectivity index (χ0n) is 9.56. The van der Waals surface area contributed by atoms with Crippen LogP contribution in [0.3, 0.4) is 0 Å². The summed E-state index contributed by atoms with van der Waals surface area (Å²) in [5.41, 5.74) is 7.33. The van der Waals surface area contributed by atoms with E-state index in [1.807, 2.05) is 36.2 Å². The van der Waals surface area contributed by atoms with Crippen molar-refractivity contribution >= 4 is 17.6 Å². The predicted molar refractivity (Wildman–Crippen MR) is 68.0 cm³/mol. The highest BCUT2D eigenvalue weighted by atomic mass is 35.5. The molecule has 0 amide bonds. The molecule has 0 aliphatic carbocycles. The standard InChI is InChI=1S/C12H14ClN3O/c1-16(12-15-11(6-14)8-17-12)7-9-3-2-4-10(13)5-9/h2-5,8H,6-7,14H2,1H3. The molecule has 0 unspecified atom stereocenters. The molecule has 2 N–H and O–H groups in total. The number of oxazole rings is 1. The Labute approximate surface area is 105 Å². The first kappa shape index (κ1) is 12.0. The Hall–Kier alpha value is -1.52. The van der Waals surface area contributed by atoms with Gasteiger partial charge in [0, 0.05) is 25.2 Å². The predicted octanol–water partition coefficient (Wildman–Crippen LogP) is 2.42. The highest BCUT2D eigenvalue weighted by Crippen LogP contribution is 2.17. The Bertz CT molecular complexity index is 498. The van der Waals surface area contributed by atoms with Crippen molar-refractivity contribution in [3.05, 3.63) is 46.8 Å². The van der Waals surface area contributed by atoms with Crippen LogP contribution in [0.1, 0.15) is 11.3 Å². The van der Waals surface area contributed by atoms with Crippen molar-refractivity contribution in [2.45, 2.75) is 13.1 Å². The van der Waals surface area contributed by atoms with Crippen molar-refractivity contribution in [2.75, 3.05) is 11.9 Å². The van der Waals surface area contributed by atoms with Gasteiger partial charge >= 0.3 is 0 Å². The van der Waals surface area contributed by atoms with E-state index < -0.39 is 0 Å². The molecule has 4 nitrogen and oxygen atoms in total. The Morgan fingerprint density at radius 3 is 2.94 bits per heavy atom. The second-order valence-electron chi connectivity index (χ2n) is 3.81. The zero-order valence-corrected chi connectivity index (χ0v) is 10.3. The molecule has 0 radical (unpaired) electrons. The topological polar surface area (TPSA) is 55.3 Å². The molecule has 0 atom stereocenters. The minimum Gasteiger partial charge on any atom is -0.432 e. The summed E-state index contributed by atoms with van der Waals surface area (Å²) in [7, 11) is 1.91. The third-order valence-corrected chi connectivity index (χ3v) is 2.62. The minimum atomic E-state index is 0.383. The third-order valence-electron chi connectivity index (χ3n) is 2.38. The summed E-state index contributed by atoms with van der Waals surface area (Å²) in [5.74, 6) is 0. The largest absolute Gasteiger partial charge is 0.432 e. The van der Waals surface area contributed by atoms with Gasteiger partial charge in [-0.05, 0) is 17.7 Å². The van der Waals surface area contributed by atoms with E-state index in [0.717, 1.165) is 16.3 Å². The number of nitrogens with two attached hydrogens (primary N) is 1. The lowest BCUT2D eigenvalue weighted by atomic mass is 10.2. The van der Waals surface area contributed by atoms with Crippen LogP contribution >= 0.6 is 11.6 Å². The van der Waals surface area contributed by atoms with E-state index in [4.69, 9.17) is 21.8 Å². The van der Waals surface area contributed by atoms with E-state index in [2.05, 4.69) is 4.98 Å². The molecule has 0 saturated carbocycles. The summed E-state index contributed by atoms with van der Waals surface area (Å²) in [6, 6.07) is 8.26. The van der Waals surface area contributed by atoms with Gasteiger partial charge in [0.2, 0.25) is 0 Å². The maximum absolute atomic E-state index is 5.93. The smallest absolute Gasteiger partial charge is 0.297 e. The SMILES string of the molecule is CN(Cc1cccc(Cl)c1)c1nc(CN)co1. The average molecular weight is 252 g/mol. The number of aromatic nitrogens is 1. The zero-order chi connectivity index (χ0) is 12.3. The first-order chi connectivity index (χ1) is 8.19. The Morgan fingerprint density at radius 2 is 2.29 bits per heavy atom. The van der Waals surface area contributed by atoms with E-state index in [0.29, 0.717) is 19.1 Å². The fourth-order valence-electron chi connectivity index (χ4n) is 1.54. The van der Waals surface area contributed by atoms with Gasteiger partial charge in [-0.3, -0.25) is 0 Å². The average Bonchev–Trinajstić information content (AvgIpc) is 2.77. The van der Waals surface area contributed by atoms with Gasteiger partial charge in [0.1, 0.15) is 6.26 Å². The first-order valence-electron chi connectivity index (χ1n) is 5.29. The summed E-state index contributed by atoms with van der Waals surface area (Å²) < 4.78 is 5.32. The quantitative estimate of drug-likeness (QED) is 0.907. The van der Waals surface area contributed by atoms with Crippen molar-refractivity contribution in [1.29, 1.82) is 0 Å². The highest BCUT2D eigenvalue weighted by molar-refractivity contribution is 6.30. The van der Waals surface area contributed by atoms with Crippen molar-refractivity contribution < 1.29 is 4.42 Å². The summed E-state index contributed by atoms with van der Waals surface area (Å²) in [5, 5.41) is 0.728. The molecule has 0 fully saturated rings. The van der Waals surface area contributed by atoms with Crippen LogP contribution in [0.2, 0.25) is 5.02 Å². The number of anilines is 1. The minimum absolute atomic E-state index is 0.383. The van der Waals surface area contributed by atoms with Gasteiger partial charge in [-0.15, -0.1) is 0 Å². The number of rotatable bonds is 4. The maximum Gasteiger partial charge on any atom is 0.297 e. The number of hydrogen-bond acceptors (Lipinski definition) is 4. The maximum atomic E-state index is 5.93. The van der Waals surface area contributed by atoms with Crippen LogP contribution in [0.25, 0.3) is 0 Å². The summed E-state index contributed by atoms with van der Waals surface area (Å²) >= 11 is 5.93. The van der Waals surface area contributed by atoms with Gasteiger partial charge in [-0.25, -0.2) is 0 Å². The normalized spacial score (nSPS) is 10.5. The van der Waals surface area contributed by atoms with Gasteiger partial charge in [0.25, 0.3) is 6.01 Å². The molecule has 1 heterocycles. The van der Waals surface area contributed by atoms with Crippen LogP contribution in [0.5, 0.6) is 0 Å². The summed E-state index contributed by atoms with van der Waals surface area (Å²) in [4.78, 5) is 6.16. The molecule has 1 aromatic carbocycles. The molecule has 0 bridgehead atoms. The summed E-state index contributed by atoms with van der Waals surface area (Å²) in [6.07, 6.45) is 1.57. The van der Waals surface area contributed by atoms with Crippen molar-refractivity contribution in [3.63, 3.8) is 0 Å². The molecule has 17 heavy (non-hydrogen) atoms. The molecule has 2 aromatic rings. The van der Waals surface area contributed by atoms with Crippen molar-refractivity contribution in [2.24, 2.45) is 5.73 Å². The van der Waals surface area contributed by atoms with Gasteiger partial charge in [0.15, 0.2) is 0 Å². The molecular weight excluding hydrogens is 238 g/mol. The van der Waals surface area contributed by atoms with Crippen LogP contribution in [0, 0.1) is 0 Å².